The SMILES string of the molecule is Cc1c(Cl)cccc1NC(=O)/C(=C\c1ccco1)n1nnnc1-c1ccccc1. The van der Waals surface area contributed by atoms with Crippen LogP contribution in [0.2, 0.25) is 5.02 Å². The maximum absolute atomic E-state index is 13.2. The number of amides is 1. The normalized spacial score (nSPS) is 11.4. The Bertz CT molecular complexity index is 1170. The van der Waals surface area contributed by atoms with Crippen molar-refractivity contribution < 1.29 is 9.21 Å². The third kappa shape index (κ3) is 3.95. The van der Waals surface area contributed by atoms with Crippen molar-refractivity contribution in [1.82, 2.24) is 20.2 Å². The van der Waals surface area contributed by atoms with Crippen LogP contribution in [-0.4, -0.2) is 26.1 Å². The predicted molar refractivity (Wildman–Crippen MR) is 111 cm³/mol. The largest absolute Gasteiger partial charge is 0.465 e. The molecule has 0 spiro atoms. The number of nitrogens with one attached hydrogen (secondary N) is 1. The number of furan rings is 1. The fraction of sp³-hybridized carbons (Fsp3) is 0.0476. The van der Waals surface area contributed by atoms with Crippen LogP contribution >= 0.6 is 11.6 Å². The molecule has 1 amide bonds. The summed E-state index contributed by atoms with van der Waals surface area (Å²) in [5, 5.41) is 15.3. The molecule has 0 fully saturated rings. The van der Waals surface area contributed by atoms with Crippen LogP contribution in [0, 0.1) is 6.92 Å². The summed E-state index contributed by atoms with van der Waals surface area (Å²) in [7, 11) is 0. The number of carbonyl (C=O) groups excluding carboxylic acids is 1. The Morgan fingerprint density at radius 2 is 1.93 bits per heavy atom. The lowest BCUT2D eigenvalue weighted by Crippen LogP contribution is -2.20. The number of nitrogens with zero attached hydrogens (tertiary/aromatic N) is 4. The predicted octanol–water partition coefficient (Wildman–Crippen LogP) is 4.53. The molecule has 0 aliphatic rings. The lowest BCUT2D eigenvalue weighted by atomic mass is 10.2. The first-order valence-electron chi connectivity index (χ1n) is 8.79. The van der Waals surface area contributed by atoms with E-state index in [4.69, 9.17) is 16.0 Å². The summed E-state index contributed by atoms with van der Waals surface area (Å²) in [4.78, 5) is 13.2. The zero-order valence-corrected chi connectivity index (χ0v) is 16.2. The molecule has 4 rings (SSSR count). The van der Waals surface area contributed by atoms with Crippen LogP contribution in [0.5, 0.6) is 0 Å². The van der Waals surface area contributed by atoms with Gasteiger partial charge in [0.1, 0.15) is 11.5 Å². The van der Waals surface area contributed by atoms with E-state index < -0.39 is 5.91 Å². The van der Waals surface area contributed by atoms with Crippen LogP contribution < -0.4 is 5.32 Å². The molecule has 144 valence electrons. The zero-order valence-electron chi connectivity index (χ0n) is 15.4. The molecule has 4 aromatic rings. The number of hydrogen-bond donors (Lipinski definition) is 1. The second-order valence-corrected chi connectivity index (χ2v) is 6.60. The third-order valence-electron chi connectivity index (χ3n) is 4.30. The van der Waals surface area contributed by atoms with Gasteiger partial charge in [-0.15, -0.1) is 5.10 Å². The Balaban J connectivity index is 1.77. The van der Waals surface area contributed by atoms with E-state index in [1.165, 1.54) is 10.9 Å². The van der Waals surface area contributed by atoms with Crippen molar-refractivity contribution in [3.05, 3.63) is 83.3 Å². The zero-order chi connectivity index (χ0) is 20.2. The molecular formula is C21H16ClN5O2. The molecule has 0 radical (unpaired) electrons. The van der Waals surface area contributed by atoms with Crippen molar-refractivity contribution in [2.75, 3.05) is 5.32 Å². The van der Waals surface area contributed by atoms with Crippen LogP contribution in [0.1, 0.15) is 11.3 Å². The van der Waals surface area contributed by atoms with Crippen molar-refractivity contribution in [2.24, 2.45) is 0 Å². The highest BCUT2D eigenvalue weighted by atomic mass is 35.5. The number of hydrogen-bond acceptors (Lipinski definition) is 5. The molecule has 0 atom stereocenters. The Hall–Kier alpha value is -3.71. The van der Waals surface area contributed by atoms with Gasteiger partial charge in [-0.25, -0.2) is 0 Å². The van der Waals surface area contributed by atoms with E-state index in [1.807, 2.05) is 37.3 Å². The molecule has 8 heteroatoms. The number of carbonyl (C=O) groups is 1. The number of anilines is 1. The van der Waals surface area contributed by atoms with E-state index in [1.54, 1.807) is 36.4 Å². The van der Waals surface area contributed by atoms with Gasteiger partial charge in [-0.3, -0.25) is 4.79 Å². The number of rotatable bonds is 5. The molecule has 2 aromatic carbocycles. The van der Waals surface area contributed by atoms with Gasteiger partial charge in [0.25, 0.3) is 5.91 Å². The fourth-order valence-electron chi connectivity index (χ4n) is 2.78. The minimum absolute atomic E-state index is 0.197. The van der Waals surface area contributed by atoms with Gasteiger partial charge in [0.2, 0.25) is 0 Å². The molecule has 1 N–H and O–H groups in total. The monoisotopic (exact) mass is 405 g/mol. The molecule has 0 aliphatic carbocycles. The van der Waals surface area contributed by atoms with Gasteiger partial charge in [-0.05, 0) is 47.2 Å². The van der Waals surface area contributed by atoms with Crippen molar-refractivity contribution in [3.63, 3.8) is 0 Å². The number of benzene rings is 2. The molecule has 0 saturated heterocycles. The van der Waals surface area contributed by atoms with Crippen LogP contribution in [0.15, 0.2) is 71.3 Å². The van der Waals surface area contributed by atoms with Crippen LogP contribution in [-0.2, 0) is 4.79 Å². The van der Waals surface area contributed by atoms with E-state index in [0.717, 1.165) is 11.1 Å². The van der Waals surface area contributed by atoms with Gasteiger partial charge >= 0.3 is 0 Å². The lowest BCUT2D eigenvalue weighted by molar-refractivity contribution is -0.111. The minimum atomic E-state index is -0.406. The maximum Gasteiger partial charge on any atom is 0.274 e. The van der Waals surface area contributed by atoms with Crippen LogP contribution in [0.25, 0.3) is 23.2 Å². The van der Waals surface area contributed by atoms with Crippen molar-refractivity contribution in [1.29, 1.82) is 0 Å². The van der Waals surface area contributed by atoms with E-state index >= 15 is 0 Å². The average molecular weight is 406 g/mol. The highest BCUT2D eigenvalue weighted by Gasteiger charge is 2.20. The lowest BCUT2D eigenvalue weighted by Gasteiger charge is -2.12. The van der Waals surface area contributed by atoms with Crippen molar-refractivity contribution >= 4 is 35.0 Å². The summed E-state index contributed by atoms with van der Waals surface area (Å²) in [6.07, 6.45) is 3.11. The van der Waals surface area contributed by atoms with Gasteiger partial charge in [0.15, 0.2) is 5.82 Å². The average Bonchev–Trinajstić information content (AvgIpc) is 3.42. The summed E-state index contributed by atoms with van der Waals surface area (Å²) in [5.41, 5.74) is 2.33. The molecule has 0 bridgehead atoms. The van der Waals surface area contributed by atoms with Gasteiger partial charge in [0, 0.05) is 22.3 Å². The summed E-state index contributed by atoms with van der Waals surface area (Å²) >= 11 is 6.18. The molecule has 0 unspecified atom stereocenters. The smallest absolute Gasteiger partial charge is 0.274 e. The van der Waals surface area contributed by atoms with Gasteiger partial charge < -0.3 is 9.73 Å². The van der Waals surface area contributed by atoms with E-state index in [-0.39, 0.29) is 5.70 Å². The molecule has 29 heavy (non-hydrogen) atoms. The molecule has 0 aliphatic heterocycles. The number of halogens is 1. The Kier molecular flexibility index (Phi) is 5.22. The topological polar surface area (TPSA) is 85.8 Å². The first-order valence-corrected chi connectivity index (χ1v) is 9.17. The first-order chi connectivity index (χ1) is 14.1. The molecule has 7 nitrogen and oxygen atoms in total. The van der Waals surface area contributed by atoms with Crippen molar-refractivity contribution in [3.8, 4) is 11.4 Å². The molecule has 2 heterocycles. The first kappa shape index (κ1) is 18.6. The number of aromatic nitrogens is 4. The van der Waals surface area contributed by atoms with E-state index in [2.05, 4.69) is 20.8 Å². The quantitative estimate of drug-likeness (QED) is 0.493. The highest BCUT2D eigenvalue weighted by molar-refractivity contribution is 6.32. The third-order valence-corrected chi connectivity index (χ3v) is 4.71. The molecule has 0 saturated carbocycles. The van der Waals surface area contributed by atoms with Gasteiger partial charge in [-0.2, -0.15) is 4.68 Å². The second-order valence-electron chi connectivity index (χ2n) is 6.19. The molecule has 2 aromatic heterocycles. The van der Waals surface area contributed by atoms with Crippen molar-refractivity contribution in [2.45, 2.75) is 6.92 Å². The number of tetrazole rings is 1. The molecular weight excluding hydrogens is 390 g/mol. The second kappa shape index (κ2) is 8.12. The fourth-order valence-corrected chi connectivity index (χ4v) is 2.95. The maximum atomic E-state index is 13.2. The van der Waals surface area contributed by atoms with Crippen LogP contribution in [0.4, 0.5) is 5.69 Å². The van der Waals surface area contributed by atoms with Crippen LogP contribution in [0.3, 0.4) is 0 Å². The van der Waals surface area contributed by atoms with Gasteiger partial charge in [-0.1, -0.05) is 48.0 Å². The van der Waals surface area contributed by atoms with Gasteiger partial charge in [0.05, 0.1) is 6.26 Å². The Morgan fingerprint density at radius 1 is 1.10 bits per heavy atom. The van der Waals surface area contributed by atoms with E-state index in [9.17, 15) is 4.79 Å². The Labute approximate surface area is 171 Å². The standard InChI is InChI=1S/C21H16ClN5O2/c1-14-17(22)10-5-11-18(14)23-21(28)19(13-16-9-6-12-29-16)27-20(24-25-26-27)15-7-3-2-4-8-15/h2-13H,1H3,(H,23,28)/b19-13+. The summed E-state index contributed by atoms with van der Waals surface area (Å²) in [6.45, 7) is 1.83. The minimum Gasteiger partial charge on any atom is -0.465 e. The summed E-state index contributed by atoms with van der Waals surface area (Å²) in [6, 6.07) is 18.2. The highest BCUT2D eigenvalue weighted by Crippen LogP contribution is 2.25. The van der Waals surface area contributed by atoms with E-state index in [0.29, 0.717) is 22.3 Å². The summed E-state index contributed by atoms with van der Waals surface area (Å²) < 4.78 is 6.77. The summed E-state index contributed by atoms with van der Waals surface area (Å²) in [5.74, 6) is 0.519. The Morgan fingerprint density at radius 3 is 2.69 bits per heavy atom.